The van der Waals surface area contributed by atoms with E-state index in [9.17, 15) is 24.1 Å². The highest BCUT2D eigenvalue weighted by molar-refractivity contribution is 6.32. The van der Waals surface area contributed by atoms with Gasteiger partial charge in [-0.1, -0.05) is 17.3 Å². The zero-order valence-electron chi connectivity index (χ0n) is 14.0. The minimum atomic E-state index is -1.10. The van der Waals surface area contributed by atoms with E-state index in [0.717, 1.165) is 4.90 Å². The number of nitro benzene ring substituents is 1. The van der Waals surface area contributed by atoms with Crippen LogP contribution >= 0.6 is 0 Å². The van der Waals surface area contributed by atoms with Gasteiger partial charge in [-0.25, -0.2) is 9.29 Å². The number of hydrogen-bond acceptors (Lipinski definition) is 6. The molecular weight excluding hydrogens is 357 g/mol. The van der Waals surface area contributed by atoms with E-state index in [4.69, 9.17) is 4.84 Å². The standard InChI is InChI=1S/C18H12FN3O5/c1-9-8-12(22(25)26)6-7-13(9)21-17(23)14-15(20-27-16(14)18(21)24)10-2-4-11(19)5-3-10/h2-8,14,16H,1H3/t14-,16-/m0/s1. The number of oxime groups is 1. The molecule has 4 rings (SSSR count). The molecule has 27 heavy (non-hydrogen) atoms. The normalized spacial score (nSPS) is 21.1. The summed E-state index contributed by atoms with van der Waals surface area (Å²) in [4.78, 5) is 42.2. The molecule has 2 aromatic carbocycles. The monoisotopic (exact) mass is 369 g/mol. The summed E-state index contributed by atoms with van der Waals surface area (Å²) in [5.74, 6) is -2.52. The summed E-state index contributed by atoms with van der Waals surface area (Å²) in [5.41, 5.74) is 1.26. The zero-order chi connectivity index (χ0) is 19.3. The third-order valence-corrected chi connectivity index (χ3v) is 4.58. The average Bonchev–Trinajstić information content (AvgIpc) is 3.17. The van der Waals surface area contributed by atoms with Gasteiger partial charge in [0.05, 0.1) is 10.6 Å². The van der Waals surface area contributed by atoms with Gasteiger partial charge < -0.3 is 4.84 Å². The topological polar surface area (TPSA) is 102 Å². The lowest BCUT2D eigenvalue weighted by Crippen LogP contribution is -2.33. The van der Waals surface area contributed by atoms with Gasteiger partial charge in [-0.3, -0.25) is 19.7 Å². The molecule has 0 spiro atoms. The summed E-state index contributed by atoms with van der Waals surface area (Å²) < 4.78 is 13.1. The fourth-order valence-corrected chi connectivity index (χ4v) is 3.28. The zero-order valence-corrected chi connectivity index (χ0v) is 14.0. The van der Waals surface area contributed by atoms with Crippen LogP contribution in [0.3, 0.4) is 0 Å². The molecule has 0 unspecified atom stereocenters. The number of carbonyl (C=O) groups is 2. The van der Waals surface area contributed by atoms with Crippen molar-refractivity contribution in [2.24, 2.45) is 11.1 Å². The molecule has 2 aliphatic heterocycles. The van der Waals surface area contributed by atoms with Crippen molar-refractivity contribution in [1.82, 2.24) is 0 Å². The second-order valence-corrected chi connectivity index (χ2v) is 6.23. The summed E-state index contributed by atoms with van der Waals surface area (Å²) in [6.07, 6.45) is -1.10. The highest BCUT2D eigenvalue weighted by atomic mass is 19.1. The predicted octanol–water partition coefficient (Wildman–Crippen LogP) is 2.33. The number of non-ortho nitro benzene ring substituents is 1. The molecule has 8 nitrogen and oxygen atoms in total. The largest absolute Gasteiger partial charge is 0.381 e. The van der Waals surface area contributed by atoms with Crippen LogP contribution in [0, 0.1) is 28.8 Å². The van der Waals surface area contributed by atoms with Crippen molar-refractivity contribution in [2.45, 2.75) is 13.0 Å². The van der Waals surface area contributed by atoms with Gasteiger partial charge in [0.15, 0.2) is 0 Å². The van der Waals surface area contributed by atoms with Crippen molar-refractivity contribution in [3.05, 3.63) is 69.5 Å². The van der Waals surface area contributed by atoms with Crippen LogP contribution in [0.25, 0.3) is 0 Å². The van der Waals surface area contributed by atoms with Crippen molar-refractivity contribution in [3.8, 4) is 0 Å². The molecule has 2 heterocycles. The average molecular weight is 369 g/mol. The third kappa shape index (κ3) is 2.55. The maximum atomic E-state index is 13.1. The minimum Gasteiger partial charge on any atom is -0.381 e. The van der Waals surface area contributed by atoms with Crippen LogP contribution in [-0.2, 0) is 14.4 Å². The first-order chi connectivity index (χ1) is 12.9. The summed E-state index contributed by atoms with van der Waals surface area (Å²) >= 11 is 0. The second kappa shape index (κ2) is 5.97. The number of benzene rings is 2. The van der Waals surface area contributed by atoms with Crippen LogP contribution in [0.4, 0.5) is 15.8 Å². The Hall–Kier alpha value is -3.62. The van der Waals surface area contributed by atoms with Crippen LogP contribution in [0.1, 0.15) is 11.1 Å². The summed E-state index contributed by atoms with van der Waals surface area (Å²) in [7, 11) is 0. The molecule has 2 aromatic rings. The van der Waals surface area contributed by atoms with E-state index < -0.39 is 34.6 Å². The highest BCUT2D eigenvalue weighted by Crippen LogP contribution is 2.37. The molecule has 0 bridgehead atoms. The van der Waals surface area contributed by atoms with E-state index in [1.807, 2.05) is 0 Å². The van der Waals surface area contributed by atoms with Gasteiger partial charge in [-0.2, -0.15) is 0 Å². The van der Waals surface area contributed by atoms with Gasteiger partial charge in [0.25, 0.3) is 11.6 Å². The van der Waals surface area contributed by atoms with Crippen LogP contribution < -0.4 is 4.90 Å². The van der Waals surface area contributed by atoms with E-state index in [1.54, 1.807) is 6.92 Å². The Morgan fingerprint density at radius 1 is 1.15 bits per heavy atom. The Morgan fingerprint density at radius 2 is 1.85 bits per heavy atom. The van der Waals surface area contributed by atoms with Crippen LogP contribution in [-0.4, -0.2) is 28.6 Å². The molecular formula is C18H12FN3O5. The first-order valence-electron chi connectivity index (χ1n) is 8.01. The lowest BCUT2D eigenvalue weighted by molar-refractivity contribution is -0.384. The fourth-order valence-electron chi connectivity index (χ4n) is 3.28. The molecule has 9 heteroatoms. The number of rotatable bonds is 3. The number of carbonyl (C=O) groups excluding carboxylic acids is 2. The quantitative estimate of drug-likeness (QED) is 0.469. The molecule has 136 valence electrons. The van der Waals surface area contributed by atoms with Crippen LogP contribution in [0.15, 0.2) is 47.6 Å². The molecule has 1 fully saturated rings. The van der Waals surface area contributed by atoms with E-state index in [1.165, 1.54) is 42.5 Å². The number of halogens is 1. The van der Waals surface area contributed by atoms with Crippen molar-refractivity contribution in [2.75, 3.05) is 4.90 Å². The summed E-state index contributed by atoms with van der Waals surface area (Å²) in [5, 5.41) is 14.7. The Bertz CT molecular complexity index is 1020. The Morgan fingerprint density at radius 3 is 2.48 bits per heavy atom. The molecule has 1 saturated heterocycles. The maximum absolute atomic E-state index is 13.1. The highest BCUT2D eigenvalue weighted by Gasteiger charge is 2.56. The van der Waals surface area contributed by atoms with Crippen LogP contribution in [0.5, 0.6) is 0 Å². The van der Waals surface area contributed by atoms with E-state index >= 15 is 0 Å². The smallest absolute Gasteiger partial charge is 0.278 e. The summed E-state index contributed by atoms with van der Waals surface area (Å²) in [6, 6.07) is 9.25. The molecule has 2 amide bonds. The van der Waals surface area contributed by atoms with Gasteiger partial charge in [0.1, 0.15) is 17.4 Å². The molecule has 2 aliphatic rings. The number of nitrogens with zero attached hydrogens (tertiary/aromatic N) is 3. The lowest BCUT2D eigenvalue weighted by atomic mass is 9.94. The molecule has 0 radical (unpaired) electrons. The van der Waals surface area contributed by atoms with Gasteiger partial charge in [0.2, 0.25) is 12.0 Å². The first-order valence-corrected chi connectivity index (χ1v) is 8.01. The fraction of sp³-hybridized carbons (Fsp3) is 0.167. The SMILES string of the molecule is Cc1cc([N+](=O)[O-])ccc1N1C(=O)[C@H]2C(c3ccc(F)cc3)=NO[C@@H]2C1=O. The maximum Gasteiger partial charge on any atom is 0.278 e. The van der Waals surface area contributed by atoms with E-state index in [-0.39, 0.29) is 17.1 Å². The molecule has 0 saturated carbocycles. The lowest BCUT2D eigenvalue weighted by Gasteiger charge is -2.17. The molecule has 0 aliphatic carbocycles. The van der Waals surface area contributed by atoms with Crippen molar-refractivity contribution < 1.29 is 23.7 Å². The summed E-state index contributed by atoms with van der Waals surface area (Å²) in [6.45, 7) is 1.58. The Balaban J connectivity index is 1.70. The van der Waals surface area contributed by atoms with Gasteiger partial charge in [-0.15, -0.1) is 0 Å². The third-order valence-electron chi connectivity index (χ3n) is 4.58. The molecule has 0 aromatic heterocycles. The Kier molecular flexibility index (Phi) is 3.72. The van der Waals surface area contributed by atoms with E-state index in [2.05, 4.69) is 5.16 Å². The van der Waals surface area contributed by atoms with E-state index in [0.29, 0.717) is 11.1 Å². The van der Waals surface area contributed by atoms with Crippen molar-refractivity contribution >= 4 is 28.9 Å². The van der Waals surface area contributed by atoms with Gasteiger partial charge in [-0.05, 0) is 30.7 Å². The number of imide groups is 1. The number of amides is 2. The Labute approximate surface area is 152 Å². The number of fused-ring (bicyclic) bond motifs is 1. The predicted molar refractivity (Wildman–Crippen MR) is 91.6 cm³/mol. The first kappa shape index (κ1) is 16.8. The number of nitro groups is 1. The van der Waals surface area contributed by atoms with Gasteiger partial charge >= 0.3 is 0 Å². The second-order valence-electron chi connectivity index (χ2n) is 6.23. The number of aryl methyl sites for hydroxylation is 1. The van der Waals surface area contributed by atoms with Crippen molar-refractivity contribution in [3.63, 3.8) is 0 Å². The van der Waals surface area contributed by atoms with Crippen molar-refractivity contribution in [1.29, 1.82) is 0 Å². The van der Waals surface area contributed by atoms with Gasteiger partial charge in [0, 0.05) is 17.7 Å². The number of hydrogen-bond donors (Lipinski definition) is 0. The molecule has 0 N–H and O–H groups in total. The minimum absolute atomic E-state index is 0.139. The van der Waals surface area contributed by atoms with Crippen LogP contribution in [0.2, 0.25) is 0 Å². The molecule has 2 atom stereocenters. The number of anilines is 1.